The third-order valence-corrected chi connectivity index (χ3v) is 4.81. The Morgan fingerprint density at radius 2 is 1.96 bits per heavy atom. The zero-order valence-electron chi connectivity index (χ0n) is 16.0. The van der Waals surface area contributed by atoms with Crippen molar-refractivity contribution < 1.29 is 14.3 Å². The summed E-state index contributed by atoms with van der Waals surface area (Å²) in [5, 5.41) is 4.16. The van der Waals surface area contributed by atoms with Crippen LogP contribution in [-0.4, -0.2) is 44.1 Å². The van der Waals surface area contributed by atoms with Crippen LogP contribution in [0.1, 0.15) is 40.9 Å². The second-order valence-electron chi connectivity index (χ2n) is 6.96. The van der Waals surface area contributed by atoms with Crippen molar-refractivity contribution in [1.29, 1.82) is 0 Å². The summed E-state index contributed by atoms with van der Waals surface area (Å²) in [5.41, 5.74) is 3.59. The molecule has 0 radical (unpaired) electrons. The molecule has 2 aromatic heterocycles. The number of hydrogen-bond acceptors (Lipinski definition) is 6. The van der Waals surface area contributed by atoms with Crippen LogP contribution in [0, 0.1) is 13.8 Å². The van der Waals surface area contributed by atoms with Crippen LogP contribution in [0.25, 0.3) is 5.78 Å². The van der Waals surface area contributed by atoms with E-state index in [1.807, 2.05) is 44.2 Å². The third kappa shape index (κ3) is 3.21. The van der Waals surface area contributed by atoms with Gasteiger partial charge in [-0.2, -0.15) is 4.98 Å². The summed E-state index contributed by atoms with van der Waals surface area (Å²) in [6.45, 7) is 5.87. The minimum atomic E-state index is -0.943. The van der Waals surface area contributed by atoms with Crippen molar-refractivity contribution in [3.8, 4) is 0 Å². The minimum absolute atomic E-state index is 0.111. The number of aromatic nitrogens is 4. The zero-order chi connectivity index (χ0) is 19.8. The van der Waals surface area contributed by atoms with Crippen LogP contribution in [0.3, 0.4) is 0 Å². The average Bonchev–Trinajstić information content (AvgIpc) is 3.11. The van der Waals surface area contributed by atoms with Crippen molar-refractivity contribution >= 4 is 23.3 Å². The van der Waals surface area contributed by atoms with Crippen LogP contribution >= 0.6 is 0 Å². The predicted octanol–water partition coefficient (Wildman–Crippen LogP) is 2.27. The standard InChI is InChI=1S/C20H21N5O3/c1-12-11-13(2)25-20(21-12)22-17(23-25)19(27)28-14(3)18(26)24-10-6-8-15-7-4-5-9-16(15)24/h4-5,7,9,11,14H,6,8,10H2,1-3H3. The molecule has 0 saturated carbocycles. The molecular weight excluding hydrogens is 358 g/mol. The van der Waals surface area contributed by atoms with Gasteiger partial charge in [0.2, 0.25) is 0 Å². The number of benzene rings is 1. The highest BCUT2D eigenvalue weighted by molar-refractivity contribution is 5.99. The van der Waals surface area contributed by atoms with E-state index in [1.165, 1.54) is 4.52 Å². The Labute approximate surface area is 162 Å². The molecule has 1 aliphatic heterocycles. The molecule has 28 heavy (non-hydrogen) atoms. The molecule has 8 nitrogen and oxygen atoms in total. The topological polar surface area (TPSA) is 89.7 Å². The lowest BCUT2D eigenvalue weighted by molar-refractivity contribution is -0.126. The molecule has 0 N–H and O–H groups in total. The van der Waals surface area contributed by atoms with Gasteiger partial charge in [0.05, 0.1) is 0 Å². The molecule has 8 heteroatoms. The van der Waals surface area contributed by atoms with E-state index in [9.17, 15) is 9.59 Å². The van der Waals surface area contributed by atoms with Crippen LogP contribution in [-0.2, 0) is 16.0 Å². The van der Waals surface area contributed by atoms with Crippen molar-refractivity contribution in [3.63, 3.8) is 0 Å². The first-order valence-electron chi connectivity index (χ1n) is 9.25. The van der Waals surface area contributed by atoms with Gasteiger partial charge >= 0.3 is 5.97 Å². The lowest BCUT2D eigenvalue weighted by Gasteiger charge is -2.31. The van der Waals surface area contributed by atoms with Gasteiger partial charge in [-0.05, 0) is 51.3 Å². The quantitative estimate of drug-likeness (QED) is 0.649. The van der Waals surface area contributed by atoms with Crippen molar-refractivity contribution in [2.45, 2.75) is 39.7 Å². The molecule has 144 valence electrons. The number of esters is 1. The van der Waals surface area contributed by atoms with Crippen molar-refractivity contribution in [1.82, 2.24) is 19.6 Å². The fourth-order valence-electron chi connectivity index (χ4n) is 3.50. The Morgan fingerprint density at radius 3 is 2.79 bits per heavy atom. The van der Waals surface area contributed by atoms with Gasteiger partial charge in [-0.1, -0.05) is 18.2 Å². The number of para-hydroxylation sites is 1. The van der Waals surface area contributed by atoms with Crippen LogP contribution < -0.4 is 4.90 Å². The van der Waals surface area contributed by atoms with Crippen LogP contribution in [0.15, 0.2) is 30.3 Å². The van der Waals surface area contributed by atoms with Crippen molar-refractivity contribution in [2.24, 2.45) is 0 Å². The zero-order valence-corrected chi connectivity index (χ0v) is 16.0. The maximum atomic E-state index is 12.9. The van der Waals surface area contributed by atoms with E-state index in [0.717, 1.165) is 35.5 Å². The third-order valence-electron chi connectivity index (χ3n) is 4.81. The second-order valence-corrected chi connectivity index (χ2v) is 6.96. The summed E-state index contributed by atoms with van der Waals surface area (Å²) in [6, 6.07) is 9.64. The van der Waals surface area contributed by atoms with Gasteiger partial charge < -0.3 is 9.64 Å². The summed E-state index contributed by atoms with van der Waals surface area (Å²) in [5.74, 6) is -0.781. The molecule has 1 unspecified atom stereocenters. The number of amides is 1. The van der Waals surface area contributed by atoms with Gasteiger partial charge in [-0.25, -0.2) is 14.3 Å². The minimum Gasteiger partial charge on any atom is -0.447 e. The number of aryl methyl sites for hydroxylation is 3. The Balaban J connectivity index is 1.52. The monoisotopic (exact) mass is 379 g/mol. The number of carbonyl (C=O) groups excluding carboxylic acids is 2. The summed E-state index contributed by atoms with van der Waals surface area (Å²) < 4.78 is 6.85. The number of hydrogen-bond donors (Lipinski definition) is 0. The van der Waals surface area contributed by atoms with Gasteiger partial charge in [0.15, 0.2) is 6.10 Å². The molecular formula is C20H21N5O3. The predicted molar refractivity (Wildman–Crippen MR) is 102 cm³/mol. The molecule has 0 fully saturated rings. The lowest BCUT2D eigenvalue weighted by Crippen LogP contribution is -2.42. The van der Waals surface area contributed by atoms with E-state index in [2.05, 4.69) is 15.1 Å². The molecule has 3 aromatic rings. The molecule has 1 amide bonds. The number of rotatable bonds is 3. The number of ether oxygens (including phenoxy) is 1. The van der Waals surface area contributed by atoms with Gasteiger partial charge in [0, 0.05) is 23.6 Å². The number of carbonyl (C=O) groups is 2. The smallest absolute Gasteiger partial charge is 0.379 e. The normalized spacial score (nSPS) is 14.6. The summed E-state index contributed by atoms with van der Waals surface area (Å²) in [6.07, 6.45) is 0.869. The number of fused-ring (bicyclic) bond motifs is 2. The number of nitrogens with zero attached hydrogens (tertiary/aromatic N) is 5. The van der Waals surface area contributed by atoms with Gasteiger partial charge in [0.25, 0.3) is 17.5 Å². The SMILES string of the molecule is Cc1cc(C)n2nc(C(=O)OC(C)C(=O)N3CCCc4ccccc43)nc2n1. The molecule has 0 aliphatic carbocycles. The Morgan fingerprint density at radius 1 is 1.18 bits per heavy atom. The molecule has 1 atom stereocenters. The highest BCUT2D eigenvalue weighted by Gasteiger charge is 2.29. The lowest BCUT2D eigenvalue weighted by atomic mass is 10.0. The Bertz CT molecular complexity index is 1070. The molecule has 4 rings (SSSR count). The maximum absolute atomic E-state index is 12.9. The first-order chi connectivity index (χ1) is 13.4. The van der Waals surface area contributed by atoms with Gasteiger partial charge in [-0.15, -0.1) is 5.10 Å². The maximum Gasteiger partial charge on any atom is 0.379 e. The van der Waals surface area contributed by atoms with Gasteiger partial charge in [0.1, 0.15) is 0 Å². The Hall–Kier alpha value is -3.29. The van der Waals surface area contributed by atoms with Crippen LogP contribution in [0.5, 0.6) is 0 Å². The molecule has 1 aliphatic rings. The number of anilines is 1. The van der Waals surface area contributed by atoms with Crippen LogP contribution in [0.2, 0.25) is 0 Å². The van der Waals surface area contributed by atoms with Crippen molar-refractivity contribution in [2.75, 3.05) is 11.4 Å². The fourth-order valence-corrected chi connectivity index (χ4v) is 3.50. The molecule has 3 heterocycles. The second kappa shape index (κ2) is 7.03. The van der Waals surface area contributed by atoms with E-state index >= 15 is 0 Å². The largest absolute Gasteiger partial charge is 0.447 e. The summed E-state index contributed by atoms with van der Waals surface area (Å²) in [7, 11) is 0. The van der Waals surface area contributed by atoms with E-state index < -0.39 is 12.1 Å². The summed E-state index contributed by atoms with van der Waals surface area (Å²) >= 11 is 0. The first kappa shape index (κ1) is 18.1. The van der Waals surface area contributed by atoms with E-state index in [-0.39, 0.29) is 11.7 Å². The molecule has 1 aromatic carbocycles. The van der Waals surface area contributed by atoms with E-state index in [1.54, 1.807) is 11.8 Å². The van der Waals surface area contributed by atoms with Crippen molar-refractivity contribution in [3.05, 3.63) is 53.1 Å². The molecule has 0 saturated heterocycles. The van der Waals surface area contributed by atoms with Gasteiger partial charge in [-0.3, -0.25) is 4.79 Å². The van der Waals surface area contributed by atoms with E-state index in [4.69, 9.17) is 4.74 Å². The fraction of sp³-hybridized carbons (Fsp3) is 0.350. The average molecular weight is 379 g/mol. The van der Waals surface area contributed by atoms with E-state index in [0.29, 0.717) is 12.3 Å². The molecule has 0 spiro atoms. The first-order valence-corrected chi connectivity index (χ1v) is 9.25. The highest BCUT2D eigenvalue weighted by atomic mass is 16.5. The Kier molecular flexibility index (Phi) is 4.54. The summed E-state index contributed by atoms with van der Waals surface area (Å²) in [4.78, 5) is 35.5. The highest BCUT2D eigenvalue weighted by Crippen LogP contribution is 2.27. The van der Waals surface area contributed by atoms with Crippen LogP contribution in [0.4, 0.5) is 5.69 Å². The molecule has 0 bridgehead atoms.